The van der Waals surface area contributed by atoms with E-state index in [0.29, 0.717) is 24.9 Å². The number of fused-ring (bicyclic) bond motifs is 1. The number of imide groups is 1. The van der Waals surface area contributed by atoms with Crippen LogP contribution in [0.2, 0.25) is 0 Å². The predicted molar refractivity (Wildman–Crippen MR) is 169 cm³/mol. The first kappa shape index (κ1) is 29.4. The van der Waals surface area contributed by atoms with Crippen LogP contribution in [0, 0.1) is 12.8 Å². The normalized spacial score (nSPS) is 25.2. The lowest BCUT2D eigenvalue weighted by Crippen LogP contribution is -2.39. The number of nitrogens with zero attached hydrogens (tertiary/aromatic N) is 3. The molecule has 1 N–H and O–H groups in total. The number of benzene rings is 2. The van der Waals surface area contributed by atoms with Crippen molar-refractivity contribution in [2.24, 2.45) is 13.0 Å². The number of rotatable bonds is 9. The molecule has 42 heavy (non-hydrogen) atoms. The van der Waals surface area contributed by atoms with Crippen LogP contribution in [0.5, 0.6) is 5.75 Å². The van der Waals surface area contributed by atoms with Crippen LogP contribution >= 0.6 is 15.9 Å². The number of nitrogens with one attached hydrogen (secondary N) is 1. The van der Waals surface area contributed by atoms with Gasteiger partial charge in [-0.1, -0.05) is 53.0 Å². The summed E-state index contributed by atoms with van der Waals surface area (Å²) >= 11 is 3.62. The van der Waals surface area contributed by atoms with E-state index in [4.69, 9.17) is 9.84 Å². The first-order valence-corrected chi connectivity index (χ1v) is 16.6. The zero-order chi connectivity index (χ0) is 29.2. The molecule has 2 saturated heterocycles. The fourth-order valence-electron chi connectivity index (χ4n) is 7.43. The highest BCUT2D eigenvalue weighted by atomic mass is 79.9. The Hall–Kier alpha value is -2.71. The third kappa shape index (κ3) is 6.30. The second-order valence-electron chi connectivity index (χ2n) is 12.7. The molecule has 1 aliphatic carbocycles. The number of amides is 2. The fraction of sp³-hybridized carbons (Fsp3) is 0.559. The van der Waals surface area contributed by atoms with E-state index >= 15 is 0 Å². The molecular weight excluding hydrogens is 592 g/mol. The monoisotopic (exact) mass is 634 g/mol. The lowest BCUT2D eigenvalue weighted by atomic mass is 9.84. The molecule has 2 atom stereocenters. The second kappa shape index (κ2) is 12.9. The Morgan fingerprint density at radius 2 is 1.83 bits per heavy atom. The number of hydrogen-bond donors (Lipinski definition) is 1. The SMILES string of the molecule is Cc1c(Br)cccc1OC1CCC(CCCCN2CC[C@@H](c3cccc4c(C5CCC(=O)NC5=O)nn(C)c34)C2)CC1. The molecule has 2 amide bonds. The number of carbonyl (C=O) groups is 2. The van der Waals surface area contributed by atoms with Crippen molar-refractivity contribution in [2.45, 2.75) is 89.1 Å². The standard InChI is InChI=1S/C34H43BrN4O3/c1-22-29(35)10-6-11-30(22)42-25-14-12-23(13-15-25)7-3-4-19-39-20-18-24(21-39)26-8-5-9-27-32(37-38(2)33(26)27)28-16-17-31(40)36-34(28)41/h5-6,8-11,23-25,28H,3-4,7,12-21H2,1-2H3,(H,36,40,41)/t23?,24-,25?,28?/m1/s1. The van der Waals surface area contributed by atoms with Gasteiger partial charge in [0, 0.05) is 35.4 Å². The minimum absolute atomic E-state index is 0.187. The Balaban J connectivity index is 0.968. The van der Waals surface area contributed by atoms with Crippen molar-refractivity contribution in [2.75, 3.05) is 19.6 Å². The third-order valence-corrected chi connectivity index (χ3v) is 10.7. The van der Waals surface area contributed by atoms with E-state index in [2.05, 4.69) is 69.5 Å². The maximum atomic E-state index is 12.6. The van der Waals surface area contributed by atoms with Gasteiger partial charge < -0.3 is 9.64 Å². The highest BCUT2D eigenvalue weighted by Crippen LogP contribution is 2.37. The lowest BCUT2D eigenvalue weighted by molar-refractivity contribution is -0.134. The molecule has 6 rings (SSSR count). The molecule has 224 valence electrons. The number of halogens is 1. The van der Waals surface area contributed by atoms with Crippen molar-refractivity contribution >= 4 is 38.6 Å². The lowest BCUT2D eigenvalue weighted by Gasteiger charge is -2.29. The summed E-state index contributed by atoms with van der Waals surface area (Å²) in [6, 6.07) is 12.6. The summed E-state index contributed by atoms with van der Waals surface area (Å²) in [7, 11) is 1.98. The van der Waals surface area contributed by atoms with Gasteiger partial charge in [-0.15, -0.1) is 0 Å². The molecule has 2 aromatic carbocycles. The minimum atomic E-state index is -0.361. The van der Waals surface area contributed by atoms with Gasteiger partial charge in [-0.05, 0) is 94.5 Å². The van der Waals surface area contributed by atoms with Crippen molar-refractivity contribution in [3.05, 3.63) is 57.7 Å². The maximum Gasteiger partial charge on any atom is 0.235 e. The molecule has 2 aliphatic heterocycles. The topological polar surface area (TPSA) is 76.5 Å². The highest BCUT2D eigenvalue weighted by Gasteiger charge is 2.33. The Morgan fingerprint density at radius 3 is 2.64 bits per heavy atom. The van der Waals surface area contributed by atoms with Crippen LogP contribution in [0.25, 0.3) is 10.9 Å². The maximum absolute atomic E-state index is 12.6. The Kier molecular flexibility index (Phi) is 9.01. The van der Waals surface area contributed by atoms with E-state index in [1.165, 1.54) is 49.8 Å². The fourth-order valence-corrected chi connectivity index (χ4v) is 7.78. The Labute approximate surface area is 257 Å². The number of carbonyl (C=O) groups excluding carboxylic acids is 2. The predicted octanol–water partition coefficient (Wildman–Crippen LogP) is 6.76. The van der Waals surface area contributed by atoms with Crippen molar-refractivity contribution in [3.8, 4) is 5.75 Å². The van der Waals surface area contributed by atoms with Gasteiger partial charge in [0.1, 0.15) is 5.75 Å². The number of ether oxygens (including phenoxy) is 1. The zero-order valence-corrected chi connectivity index (χ0v) is 26.5. The van der Waals surface area contributed by atoms with Crippen molar-refractivity contribution in [1.29, 1.82) is 0 Å². The molecule has 1 saturated carbocycles. The van der Waals surface area contributed by atoms with Gasteiger partial charge in [0.05, 0.1) is 23.2 Å². The van der Waals surface area contributed by atoms with E-state index in [1.54, 1.807) is 0 Å². The number of aryl methyl sites for hydroxylation is 1. The Bertz CT molecular complexity index is 1440. The molecule has 0 radical (unpaired) electrons. The summed E-state index contributed by atoms with van der Waals surface area (Å²) in [6.45, 7) is 5.50. The summed E-state index contributed by atoms with van der Waals surface area (Å²) < 4.78 is 9.42. The number of para-hydroxylation sites is 1. The smallest absolute Gasteiger partial charge is 0.235 e. The molecule has 3 aromatic rings. The van der Waals surface area contributed by atoms with Crippen LogP contribution in [-0.4, -0.2) is 52.2 Å². The minimum Gasteiger partial charge on any atom is -0.490 e. The molecule has 1 aromatic heterocycles. The van der Waals surface area contributed by atoms with Gasteiger partial charge in [0.2, 0.25) is 11.8 Å². The summed E-state index contributed by atoms with van der Waals surface area (Å²) in [5.74, 6) is 1.56. The van der Waals surface area contributed by atoms with Crippen LogP contribution in [0.3, 0.4) is 0 Å². The van der Waals surface area contributed by atoms with Crippen molar-refractivity contribution in [3.63, 3.8) is 0 Å². The summed E-state index contributed by atoms with van der Waals surface area (Å²) in [5, 5.41) is 8.35. The molecular formula is C34H43BrN4O3. The summed E-state index contributed by atoms with van der Waals surface area (Å²) in [5.41, 5.74) is 4.47. The number of piperidine rings is 1. The van der Waals surface area contributed by atoms with E-state index in [0.717, 1.165) is 65.1 Å². The van der Waals surface area contributed by atoms with Crippen molar-refractivity contribution < 1.29 is 14.3 Å². The second-order valence-corrected chi connectivity index (χ2v) is 13.5. The van der Waals surface area contributed by atoms with Gasteiger partial charge in [0.15, 0.2) is 0 Å². The Morgan fingerprint density at radius 1 is 1.02 bits per heavy atom. The van der Waals surface area contributed by atoms with Gasteiger partial charge in [-0.3, -0.25) is 19.6 Å². The highest BCUT2D eigenvalue weighted by molar-refractivity contribution is 9.10. The van der Waals surface area contributed by atoms with Gasteiger partial charge in [0.25, 0.3) is 0 Å². The summed E-state index contributed by atoms with van der Waals surface area (Å²) in [4.78, 5) is 26.9. The van der Waals surface area contributed by atoms with Crippen LogP contribution < -0.4 is 10.1 Å². The molecule has 8 heteroatoms. The van der Waals surface area contributed by atoms with E-state index in [-0.39, 0.29) is 17.7 Å². The quantitative estimate of drug-likeness (QED) is 0.208. The third-order valence-electron chi connectivity index (χ3n) is 9.85. The van der Waals surface area contributed by atoms with Gasteiger partial charge in [-0.25, -0.2) is 0 Å². The van der Waals surface area contributed by atoms with Crippen molar-refractivity contribution in [1.82, 2.24) is 20.0 Å². The van der Waals surface area contributed by atoms with Crippen LogP contribution in [0.1, 0.15) is 92.9 Å². The number of aromatic nitrogens is 2. The summed E-state index contributed by atoms with van der Waals surface area (Å²) in [6.07, 6.45) is 11.2. The van der Waals surface area contributed by atoms with Crippen LogP contribution in [0.4, 0.5) is 0 Å². The molecule has 0 spiro atoms. The molecule has 7 nitrogen and oxygen atoms in total. The van der Waals surface area contributed by atoms with E-state index in [9.17, 15) is 9.59 Å². The number of hydrogen-bond acceptors (Lipinski definition) is 5. The average Bonchev–Trinajstić information content (AvgIpc) is 3.59. The van der Waals surface area contributed by atoms with Gasteiger partial charge in [-0.2, -0.15) is 5.10 Å². The van der Waals surface area contributed by atoms with Crippen LogP contribution in [0.15, 0.2) is 40.9 Å². The number of likely N-dealkylation sites (tertiary alicyclic amines) is 1. The first-order valence-electron chi connectivity index (χ1n) is 15.8. The molecule has 0 bridgehead atoms. The van der Waals surface area contributed by atoms with Gasteiger partial charge >= 0.3 is 0 Å². The molecule has 3 aliphatic rings. The largest absolute Gasteiger partial charge is 0.490 e. The number of unbranched alkanes of at least 4 members (excludes halogenated alkanes) is 1. The molecule has 1 unspecified atom stereocenters. The average molecular weight is 636 g/mol. The zero-order valence-electron chi connectivity index (χ0n) is 24.9. The molecule has 3 fully saturated rings. The van der Waals surface area contributed by atoms with Crippen LogP contribution in [-0.2, 0) is 16.6 Å². The van der Waals surface area contributed by atoms with E-state index < -0.39 is 0 Å². The first-order chi connectivity index (χ1) is 20.4. The molecule has 3 heterocycles. The van der Waals surface area contributed by atoms with E-state index in [1.807, 2.05) is 11.7 Å².